The molecule has 1 aliphatic rings. The van der Waals surface area contributed by atoms with E-state index in [1.807, 2.05) is 30.7 Å². The summed E-state index contributed by atoms with van der Waals surface area (Å²) < 4.78 is 24.2. The number of hydrogen-bond acceptors (Lipinski definition) is 7. The first kappa shape index (κ1) is 27.3. The predicted octanol–water partition coefficient (Wildman–Crippen LogP) is 6.23. The van der Waals surface area contributed by atoms with Gasteiger partial charge >= 0.3 is 0 Å². The van der Waals surface area contributed by atoms with Crippen LogP contribution in [0.25, 0.3) is 15.9 Å². The molecule has 0 unspecified atom stereocenters. The summed E-state index contributed by atoms with van der Waals surface area (Å²) in [6.45, 7) is 5.93. The van der Waals surface area contributed by atoms with Crippen molar-refractivity contribution in [3.63, 3.8) is 0 Å². The molecule has 8 nitrogen and oxygen atoms in total. The molecule has 5 heterocycles. The lowest BCUT2D eigenvalue weighted by Gasteiger charge is -2.26. The van der Waals surface area contributed by atoms with E-state index in [2.05, 4.69) is 37.0 Å². The summed E-state index contributed by atoms with van der Waals surface area (Å²) in [5.41, 5.74) is 4.50. The summed E-state index contributed by atoms with van der Waals surface area (Å²) in [4.78, 5) is 29.2. The van der Waals surface area contributed by atoms with Crippen LogP contribution in [0, 0.1) is 5.82 Å². The number of carbonyl (C=O) groups excluding carboxylic acids is 1. The Balaban J connectivity index is 1.15. The topological polar surface area (TPSA) is 78.1 Å². The van der Waals surface area contributed by atoms with Gasteiger partial charge in [-0.1, -0.05) is 29.8 Å². The third-order valence-electron chi connectivity index (χ3n) is 7.22. The molecule has 0 radical (unpaired) electrons. The number of carbonyl (C=O) groups is 1. The van der Waals surface area contributed by atoms with Gasteiger partial charge in [-0.05, 0) is 43.2 Å². The average molecular weight is 591 g/mol. The minimum absolute atomic E-state index is 0.0732. The molecule has 0 fully saturated rings. The maximum Gasteiger partial charge on any atom is 0.214 e. The number of imidazole rings is 2. The van der Waals surface area contributed by atoms with Gasteiger partial charge in [-0.3, -0.25) is 9.69 Å². The predicted molar refractivity (Wildman–Crippen MR) is 158 cm³/mol. The van der Waals surface area contributed by atoms with E-state index in [0.29, 0.717) is 34.4 Å². The quantitative estimate of drug-likeness (QED) is 0.179. The molecule has 0 bridgehead atoms. The van der Waals surface area contributed by atoms with Gasteiger partial charge in [0.2, 0.25) is 5.88 Å². The molecule has 1 aliphatic heterocycles. The van der Waals surface area contributed by atoms with E-state index < -0.39 is 5.82 Å². The molecule has 4 aromatic heterocycles. The molecule has 6 rings (SSSR count). The van der Waals surface area contributed by atoms with Crippen LogP contribution >= 0.6 is 22.9 Å². The highest BCUT2D eigenvalue weighted by molar-refractivity contribution is 7.20. The highest BCUT2D eigenvalue weighted by Gasteiger charge is 2.20. The van der Waals surface area contributed by atoms with Crippen molar-refractivity contribution >= 4 is 45.1 Å². The van der Waals surface area contributed by atoms with Crippen LogP contribution in [0.5, 0.6) is 5.88 Å². The summed E-state index contributed by atoms with van der Waals surface area (Å²) in [7, 11) is 0. The van der Waals surface area contributed by atoms with Gasteiger partial charge in [0.15, 0.2) is 6.29 Å². The average Bonchev–Trinajstić information content (AvgIpc) is 3.69. The molecule has 0 N–H and O–H groups in total. The number of benzene rings is 1. The van der Waals surface area contributed by atoms with E-state index in [1.165, 1.54) is 17.4 Å². The second kappa shape index (κ2) is 11.9. The Bertz CT molecular complexity index is 1740. The highest BCUT2D eigenvalue weighted by Crippen LogP contribution is 2.29. The number of thiophene rings is 1. The molecule has 0 saturated heterocycles. The lowest BCUT2D eigenvalue weighted by atomic mass is 10.0. The third-order valence-corrected chi connectivity index (χ3v) is 8.40. The molecule has 0 atom stereocenters. The van der Waals surface area contributed by atoms with E-state index in [-0.39, 0.29) is 6.61 Å². The van der Waals surface area contributed by atoms with E-state index in [4.69, 9.17) is 21.3 Å². The number of ether oxygens (including phenoxy) is 1. The highest BCUT2D eigenvalue weighted by atomic mass is 35.5. The van der Waals surface area contributed by atoms with Gasteiger partial charge in [0.1, 0.15) is 23.1 Å². The molecule has 0 saturated carbocycles. The Morgan fingerprint density at radius 3 is 2.85 bits per heavy atom. The van der Waals surface area contributed by atoms with Gasteiger partial charge in [-0.15, -0.1) is 11.3 Å². The number of pyridine rings is 1. The van der Waals surface area contributed by atoms with Crippen LogP contribution in [0.3, 0.4) is 0 Å². The van der Waals surface area contributed by atoms with E-state index >= 15 is 0 Å². The number of fused-ring (bicyclic) bond motifs is 1. The van der Waals surface area contributed by atoms with Crippen LogP contribution in [-0.2, 0) is 26.2 Å². The molecule has 0 amide bonds. The Morgan fingerprint density at radius 1 is 1.17 bits per heavy atom. The second-order valence-electron chi connectivity index (χ2n) is 9.84. The van der Waals surface area contributed by atoms with Crippen molar-refractivity contribution in [1.29, 1.82) is 0 Å². The fraction of sp³-hybridized carbons (Fsp3) is 0.267. The zero-order valence-electron chi connectivity index (χ0n) is 22.5. The third kappa shape index (κ3) is 5.95. The molecule has 0 aliphatic carbocycles. The number of nitrogens with zero attached hydrogens (tertiary/aromatic N) is 6. The van der Waals surface area contributed by atoms with Crippen molar-refractivity contribution in [3.05, 3.63) is 99.6 Å². The van der Waals surface area contributed by atoms with Gasteiger partial charge < -0.3 is 13.9 Å². The van der Waals surface area contributed by atoms with Crippen molar-refractivity contribution in [2.45, 2.75) is 39.6 Å². The van der Waals surface area contributed by atoms with Crippen LogP contribution in [0.2, 0.25) is 5.02 Å². The van der Waals surface area contributed by atoms with E-state index in [0.717, 1.165) is 65.5 Å². The van der Waals surface area contributed by atoms with E-state index in [1.54, 1.807) is 18.2 Å². The molecule has 1 aromatic carbocycles. The van der Waals surface area contributed by atoms with E-state index in [9.17, 15) is 9.18 Å². The molecule has 210 valence electrons. The number of aryl methyl sites for hydroxylation is 1. The molecule has 41 heavy (non-hydrogen) atoms. The number of halogens is 2. The van der Waals surface area contributed by atoms with Gasteiger partial charge in [0.05, 0.1) is 41.2 Å². The Morgan fingerprint density at radius 2 is 2.07 bits per heavy atom. The van der Waals surface area contributed by atoms with Crippen LogP contribution in [0.15, 0.2) is 61.1 Å². The first-order valence-corrected chi connectivity index (χ1v) is 14.6. The first-order chi connectivity index (χ1) is 20.0. The molecular formula is C30H28ClFN6O2S. The summed E-state index contributed by atoms with van der Waals surface area (Å²) in [6, 6.07) is 12.1. The van der Waals surface area contributed by atoms with Gasteiger partial charge in [-0.25, -0.2) is 19.3 Å². The standard InChI is InChI=1S/C30H28ClFN6O2S/c1-2-37-19-33-14-23(37)15-38-27-13-24(17-39)41-30(27)35-28(38)16-36-10-8-20(9-11-36)26-4-3-5-29(34-26)40-18-21-6-7-22(31)12-25(21)32/h3-8,12-14,17,19H,2,9-11,15-16,18H2,1H3. The van der Waals surface area contributed by atoms with Crippen molar-refractivity contribution in [2.24, 2.45) is 0 Å². The van der Waals surface area contributed by atoms with Crippen LogP contribution in [-0.4, -0.2) is 48.4 Å². The normalized spacial score (nSPS) is 14.0. The van der Waals surface area contributed by atoms with Gasteiger partial charge in [-0.2, -0.15) is 0 Å². The minimum atomic E-state index is -0.399. The Labute approximate surface area is 245 Å². The molecule has 0 spiro atoms. The monoisotopic (exact) mass is 590 g/mol. The van der Waals surface area contributed by atoms with Crippen molar-refractivity contribution in [1.82, 2.24) is 29.0 Å². The van der Waals surface area contributed by atoms with Crippen LogP contribution in [0.1, 0.15) is 45.8 Å². The Hall–Kier alpha value is -3.86. The second-order valence-corrected chi connectivity index (χ2v) is 11.3. The summed E-state index contributed by atoms with van der Waals surface area (Å²) in [5.74, 6) is 1.01. The van der Waals surface area contributed by atoms with Crippen molar-refractivity contribution in [3.8, 4) is 5.88 Å². The minimum Gasteiger partial charge on any atom is -0.473 e. The van der Waals surface area contributed by atoms with Crippen LogP contribution < -0.4 is 4.74 Å². The van der Waals surface area contributed by atoms with Crippen molar-refractivity contribution < 1.29 is 13.9 Å². The van der Waals surface area contributed by atoms with Gasteiger partial charge in [0.25, 0.3) is 0 Å². The number of aldehydes is 1. The number of hydrogen-bond donors (Lipinski definition) is 0. The Kier molecular flexibility index (Phi) is 7.95. The zero-order valence-corrected chi connectivity index (χ0v) is 24.0. The fourth-order valence-corrected chi connectivity index (χ4v) is 6.04. The van der Waals surface area contributed by atoms with Gasteiger partial charge in [0, 0.05) is 42.5 Å². The molecular weight excluding hydrogens is 563 g/mol. The summed E-state index contributed by atoms with van der Waals surface area (Å²) >= 11 is 7.27. The zero-order chi connectivity index (χ0) is 28.3. The number of aromatic nitrogens is 5. The SMILES string of the molecule is CCn1cncc1Cn1c(CN2CC=C(c3cccc(OCc4ccc(Cl)cc4F)n3)CC2)nc2sc(C=O)cc21. The largest absolute Gasteiger partial charge is 0.473 e. The number of rotatable bonds is 10. The molecule has 5 aromatic rings. The molecule has 11 heteroatoms. The fourth-order valence-electron chi connectivity index (χ4n) is 5.01. The summed E-state index contributed by atoms with van der Waals surface area (Å²) in [5, 5.41) is 0.351. The summed E-state index contributed by atoms with van der Waals surface area (Å²) in [6.07, 6.45) is 7.64. The smallest absolute Gasteiger partial charge is 0.214 e. The van der Waals surface area contributed by atoms with Crippen molar-refractivity contribution in [2.75, 3.05) is 13.1 Å². The maximum absolute atomic E-state index is 14.1. The maximum atomic E-state index is 14.1. The van der Waals surface area contributed by atoms with Crippen LogP contribution in [0.4, 0.5) is 4.39 Å². The lowest BCUT2D eigenvalue weighted by molar-refractivity contribution is 0.112. The first-order valence-electron chi connectivity index (χ1n) is 13.4. The lowest BCUT2D eigenvalue weighted by Crippen LogP contribution is -2.29.